The molecule has 150 valence electrons. The van der Waals surface area contributed by atoms with Crippen LogP contribution in [0.1, 0.15) is 10.4 Å². The minimum absolute atomic E-state index is 0.207. The zero-order chi connectivity index (χ0) is 21.3. The van der Waals surface area contributed by atoms with Crippen LogP contribution in [-0.4, -0.2) is 15.9 Å². The van der Waals surface area contributed by atoms with Crippen molar-refractivity contribution in [2.24, 2.45) is 0 Å². The number of nitrogens with one attached hydrogen (secondary N) is 2. The first-order valence-electron chi connectivity index (χ1n) is 8.66. The van der Waals surface area contributed by atoms with Crippen molar-refractivity contribution in [3.05, 3.63) is 85.8 Å². The highest BCUT2D eigenvalue weighted by Crippen LogP contribution is 2.33. The highest BCUT2D eigenvalue weighted by Gasteiger charge is 2.15. The first-order chi connectivity index (χ1) is 14.4. The zero-order valence-electron chi connectivity index (χ0n) is 15.1. The molecule has 9 heteroatoms. The number of nitrogens with zero attached hydrogens (tertiary/aromatic N) is 2. The molecule has 0 unspecified atom stereocenters. The molecule has 0 bridgehead atoms. The molecule has 1 heterocycles. The summed E-state index contributed by atoms with van der Waals surface area (Å²) in [7, 11) is 0. The summed E-state index contributed by atoms with van der Waals surface area (Å²) >= 11 is 21.9. The highest BCUT2D eigenvalue weighted by atomic mass is 79.9. The molecule has 0 aliphatic heterocycles. The fourth-order valence-corrected chi connectivity index (χ4v) is 3.95. The quantitative estimate of drug-likeness (QED) is 0.290. The van der Waals surface area contributed by atoms with E-state index in [0.29, 0.717) is 21.3 Å². The number of carbonyl (C=O) groups is 1. The second-order valence-corrected chi connectivity index (χ2v) is 8.41. The summed E-state index contributed by atoms with van der Waals surface area (Å²) in [6, 6.07) is 17.7. The largest absolute Gasteiger partial charge is 0.271 e. The summed E-state index contributed by atoms with van der Waals surface area (Å²) in [5.74, 6) is -0.242. The van der Waals surface area contributed by atoms with Gasteiger partial charge in [0.15, 0.2) is 0 Å². The van der Waals surface area contributed by atoms with Gasteiger partial charge in [0.1, 0.15) is 0 Å². The Morgan fingerprint density at radius 3 is 2.47 bits per heavy atom. The monoisotopic (exact) mass is 520 g/mol. The number of fused-ring (bicyclic) bond motifs is 1. The summed E-state index contributed by atoms with van der Waals surface area (Å²) in [4.78, 5) is 21.5. The molecule has 0 fully saturated rings. The predicted octanol–water partition coefficient (Wildman–Crippen LogP) is 6.78. The molecule has 0 aliphatic carbocycles. The van der Waals surface area contributed by atoms with E-state index in [1.54, 1.807) is 12.1 Å². The number of aromatic nitrogens is 2. The van der Waals surface area contributed by atoms with Crippen LogP contribution in [-0.2, 0) is 0 Å². The fraction of sp³-hybridized carbons (Fsp3) is 0. The van der Waals surface area contributed by atoms with Crippen LogP contribution in [0.2, 0.25) is 15.1 Å². The van der Waals surface area contributed by atoms with Gasteiger partial charge in [-0.3, -0.25) is 15.6 Å². The van der Waals surface area contributed by atoms with E-state index in [2.05, 4.69) is 36.7 Å². The van der Waals surface area contributed by atoms with E-state index in [0.717, 1.165) is 15.4 Å². The van der Waals surface area contributed by atoms with Gasteiger partial charge in [-0.1, -0.05) is 68.9 Å². The molecule has 0 saturated heterocycles. The Labute approximate surface area is 195 Å². The van der Waals surface area contributed by atoms with Gasteiger partial charge in [0.05, 0.1) is 21.8 Å². The van der Waals surface area contributed by atoms with E-state index < -0.39 is 5.91 Å². The fourth-order valence-electron chi connectivity index (χ4n) is 2.87. The smallest absolute Gasteiger partial charge is 0.267 e. The Morgan fingerprint density at radius 2 is 1.70 bits per heavy atom. The predicted molar refractivity (Wildman–Crippen MR) is 125 cm³/mol. The topological polar surface area (TPSA) is 66.9 Å². The van der Waals surface area contributed by atoms with Crippen LogP contribution in [0.4, 0.5) is 5.95 Å². The maximum atomic E-state index is 12.5. The Balaban J connectivity index is 1.70. The lowest BCUT2D eigenvalue weighted by Gasteiger charge is -2.13. The molecule has 0 atom stereocenters. The van der Waals surface area contributed by atoms with Crippen LogP contribution >= 0.6 is 50.7 Å². The normalized spacial score (nSPS) is 10.8. The molecule has 5 nitrogen and oxygen atoms in total. The summed E-state index contributed by atoms with van der Waals surface area (Å²) in [5.41, 5.74) is 7.65. The number of hydrogen-bond acceptors (Lipinski definition) is 4. The molecule has 0 spiro atoms. The van der Waals surface area contributed by atoms with Crippen LogP contribution in [0.15, 0.2) is 65.1 Å². The molecule has 0 radical (unpaired) electrons. The third-order valence-corrected chi connectivity index (χ3v) is 5.62. The lowest BCUT2D eigenvalue weighted by atomic mass is 10.1. The van der Waals surface area contributed by atoms with Crippen LogP contribution in [0.5, 0.6) is 0 Å². The minimum Gasteiger partial charge on any atom is -0.267 e. The van der Waals surface area contributed by atoms with E-state index >= 15 is 0 Å². The van der Waals surface area contributed by atoms with E-state index in [9.17, 15) is 4.79 Å². The summed E-state index contributed by atoms with van der Waals surface area (Å²) in [6.45, 7) is 0. The van der Waals surface area contributed by atoms with Gasteiger partial charge in [0.25, 0.3) is 5.91 Å². The molecule has 0 saturated carbocycles. The van der Waals surface area contributed by atoms with Crippen molar-refractivity contribution in [2.75, 3.05) is 5.43 Å². The number of carbonyl (C=O) groups excluding carboxylic acids is 1. The number of hydrazine groups is 1. The Bertz CT molecular complexity index is 1280. The molecule has 2 N–H and O–H groups in total. The molecular weight excluding hydrogens is 511 g/mol. The molecule has 4 aromatic rings. The van der Waals surface area contributed by atoms with Crippen LogP contribution < -0.4 is 10.9 Å². The molecule has 0 aliphatic rings. The Kier molecular flexibility index (Phi) is 6.11. The van der Waals surface area contributed by atoms with E-state index in [-0.39, 0.29) is 16.5 Å². The van der Waals surface area contributed by atoms with Gasteiger partial charge in [-0.15, -0.1) is 0 Å². The van der Waals surface area contributed by atoms with E-state index in [1.165, 1.54) is 12.1 Å². The van der Waals surface area contributed by atoms with E-state index in [1.807, 2.05) is 36.4 Å². The van der Waals surface area contributed by atoms with Crippen molar-refractivity contribution in [2.45, 2.75) is 0 Å². The maximum Gasteiger partial charge on any atom is 0.271 e. The van der Waals surface area contributed by atoms with Crippen molar-refractivity contribution in [1.82, 2.24) is 15.4 Å². The van der Waals surface area contributed by atoms with Crippen LogP contribution in [0.3, 0.4) is 0 Å². The number of halogens is 4. The SMILES string of the molecule is O=C(NNc1nc(-c2ccccc2Cl)c2cc(Br)ccc2n1)c1ccc(Cl)cc1Cl. The van der Waals surface area contributed by atoms with Crippen LogP contribution in [0, 0.1) is 0 Å². The average Bonchev–Trinajstić information content (AvgIpc) is 2.72. The standard InChI is InChI=1S/C21H12BrCl3N4O/c22-11-5-8-18-15(9-11)19(13-3-1-2-4-16(13)24)27-21(26-18)29-28-20(30)14-7-6-12(23)10-17(14)25/h1-10H,(H,28,30)(H,26,27,29). The molecule has 1 aromatic heterocycles. The molecule has 4 rings (SSSR count). The number of benzene rings is 3. The van der Waals surface area contributed by atoms with Gasteiger partial charge in [-0.25, -0.2) is 9.97 Å². The lowest BCUT2D eigenvalue weighted by Crippen LogP contribution is -2.30. The average molecular weight is 523 g/mol. The first-order valence-corrected chi connectivity index (χ1v) is 10.6. The van der Waals surface area contributed by atoms with Gasteiger partial charge in [0.2, 0.25) is 5.95 Å². The molecule has 1 amide bonds. The third-order valence-electron chi connectivity index (χ3n) is 4.25. The van der Waals surface area contributed by atoms with Crippen molar-refractivity contribution in [3.8, 4) is 11.3 Å². The van der Waals surface area contributed by atoms with Crippen molar-refractivity contribution in [3.63, 3.8) is 0 Å². The highest BCUT2D eigenvalue weighted by molar-refractivity contribution is 9.10. The van der Waals surface area contributed by atoms with Crippen LogP contribution in [0.25, 0.3) is 22.2 Å². The van der Waals surface area contributed by atoms with Crippen molar-refractivity contribution >= 4 is 73.5 Å². The van der Waals surface area contributed by atoms with Gasteiger partial charge >= 0.3 is 0 Å². The maximum absolute atomic E-state index is 12.5. The zero-order valence-corrected chi connectivity index (χ0v) is 18.9. The second-order valence-electron chi connectivity index (χ2n) is 6.24. The molecule has 3 aromatic carbocycles. The summed E-state index contributed by atoms with van der Waals surface area (Å²) in [5, 5.41) is 2.05. The number of hydrogen-bond donors (Lipinski definition) is 2. The lowest BCUT2D eigenvalue weighted by molar-refractivity contribution is 0.0962. The van der Waals surface area contributed by atoms with Crippen molar-refractivity contribution in [1.29, 1.82) is 0 Å². The van der Waals surface area contributed by atoms with E-state index in [4.69, 9.17) is 34.8 Å². The minimum atomic E-state index is -0.449. The number of rotatable bonds is 4. The first kappa shape index (κ1) is 20.9. The Morgan fingerprint density at radius 1 is 0.900 bits per heavy atom. The summed E-state index contributed by atoms with van der Waals surface area (Å²) < 4.78 is 0.887. The summed E-state index contributed by atoms with van der Waals surface area (Å²) in [6.07, 6.45) is 0. The molecule has 30 heavy (non-hydrogen) atoms. The second kappa shape index (κ2) is 8.78. The number of amides is 1. The van der Waals surface area contributed by atoms with Gasteiger partial charge in [0, 0.05) is 25.5 Å². The third kappa shape index (κ3) is 4.37. The van der Waals surface area contributed by atoms with Gasteiger partial charge in [-0.2, -0.15) is 0 Å². The Hall–Kier alpha value is -2.38. The van der Waals surface area contributed by atoms with Gasteiger partial charge < -0.3 is 0 Å². The van der Waals surface area contributed by atoms with Crippen molar-refractivity contribution < 1.29 is 4.79 Å². The number of anilines is 1. The molecular formula is C21H12BrCl3N4O. The van der Waals surface area contributed by atoms with Gasteiger partial charge in [-0.05, 0) is 42.5 Å².